The van der Waals surface area contributed by atoms with E-state index in [1.165, 1.54) is 6.92 Å². The molecule has 0 rings (SSSR count). The van der Waals surface area contributed by atoms with E-state index in [1.54, 1.807) is 6.92 Å². The summed E-state index contributed by atoms with van der Waals surface area (Å²) in [7, 11) is -4.06. The first kappa shape index (κ1) is 16.0. The third kappa shape index (κ3) is 8.18. The SMILES string of the molecule is CCOP(=O)(O)OCC(CO)OCC(C)O. The van der Waals surface area contributed by atoms with Crippen molar-refractivity contribution in [3.63, 3.8) is 0 Å². The fourth-order valence-electron chi connectivity index (χ4n) is 0.807. The van der Waals surface area contributed by atoms with Crippen LogP contribution in [0.25, 0.3) is 0 Å². The molecule has 0 heterocycles. The third-order valence-corrected chi connectivity index (χ3v) is 2.55. The van der Waals surface area contributed by atoms with E-state index in [-0.39, 0.29) is 26.4 Å². The molecule has 3 atom stereocenters. The van der Waals surface area contributed by atoms with Crippen molar-refractivity contribution in [2.45, 2.75) is 26.1 Å². The Bertz CT molecular complexity index is 220. The summed E-state index contributed by atoms with van der Waals surface area (Å²) in [6.07, 6.45) is -1.45. The summed E-state index contributed by atoms with van der Waals surface area (Å²) in [5.41, 5.74) is 0. The molecule has 0 aromatic rings. The van der Waals surface area contributed by atoms with Crippen molar-refractivity contribution in [2.75, 3.05) is 26.4 Å². The minimum atomic E-state index is -4.06. The monoisotopic (exact) mass is 258 g/mol. The van der Waals surface area contributed by atoms with Gasteiger partial charge in [0.2, 0.25) is 0 Å². The van der Waals surface area contributed by atoms with Crippen molar-refractivity contribution in [3.05, 3.63) is 0 Å². The van der Waals surface area contributed by atoms with Gasteiger partial charge in [0, 0.05) is 0 Å². The molecule has 0 saturated carbocycles. The lowest BCUT2D eigenvalue weighted by Crippen LogP contribution is -2.27. The van der Waals surface area contributed by atoms with Gasteiger partial charge in [-0.2, -0.15) is 0 Å². The normalized spacial score (nSPS) is 19.1. The number of rotatable bonds is 9. The summed E-state index contributed by atoms with van der Waals surface area (Å²) in [5, 5.41) is 17.8. The highest BCUT2D eigenvalue weighted by atomic mass is 31.2. The van der Waals surface area contributed by atoms with Crippen molar-refractivity contribution in [1.29, 1.82) is 0 Å². The van der Waals surface area contributed by atoms with Crippen LogP contribution in [0.4, 0.5) is 0 Å². The Balaban J connectivity index is 3.90. The Hall–Kier alpha value is -0.0100. The third-order valence-electron chi connectivity index (χ3n) is 1.49. The molecule has 3 unspecified atom stereocenters. The van der Waals surface area contributed by atoms with Gasteiger partial charge >= 0.3 is 7.82 Å². The van der Waals surface area contributed by atoms with E-state index in [2.05, 4.69) is 9.05 Å². The molecule has 0 aromatic heterocycles. The van der Waals surface area contributed by atoms with Gasteiger partial charge in [0.1, 0.15) is 6.10 Å². The lowest BCUT2D eigenvalue weighted by molar-refractivity contribution is -0.0493. The van der Waals surface area contributed by atoms with Gasteiger partial charge < -0.3 is 19.8 Å². The number of hydrogen-bond donors (Lipinski definition) is 3. The highest BCUT2D eigenvalue weighted by Gasteiger charge is 2.22. The van der Waals surface area contributed by atoms with E-state index in [0.717, 1.165) is 0 Å². The van der Waals surface area contributed by atoms with E-state index >= 15 is 0 Å². The number of phosphoric acid groups is 1. The number of hydrogen-bond acceptors (Lipinski definition) is 6. The van der Waals surface area contributed by atoms with Gasteiger partial charge in [-0.25, -0.2) is 4.57 Å². The molecule has 3 N–H and O–H groups in total. The quantitative estimate of drug-likeness (QED) is 0.496. The van der Waals surface area contributed by atoms with E-state index in [9.17, 15) is 4.57 Å². The molecule has 8 heteroatoms. The van der Waals surface area contributed by atoms with Crippen LogP contribution in [0.15, 0.2) is 0 Å². The van der Waals surface area contributed by atoms with Crippen molar-refractivity contribution >= 4 is 7.82 Å². The maximum Gasteiger partial charge on any atom is 0.472 e. The zero-order valence-corrected chi connectivity index (χ0v) is 10.3. The molecule has 0 amide bonds. The fourth-order valence-corrected chi connectivity index (χ4v) is 1.56. The Morgan fingerprint density at radius 3 is 2.38 bits per heavy atom. The maximum atomic E-state index is 11.1. The maximum absolute atomic E-state index is 11.1. The second kappa shape index (κ2) is 8.14. The summed E-state index contributed by atoms with van der Waals surface area (Å²) in [6.45, 7) is 2.48. The van der Waals surface area contributed by atoms with Gasteiger partial charge in [0.05, 0.1) is 32.5 Å². The van der Waals surface area contributed by atoms with Crippen LogP contribution in [0.3, 0.4) is 0 Å². The van der Waals surface area contributed by atoms with Crippen LogP contribution in [0.5, 0.6) is 0 Å². The lowest BCUT2D eigenvalue weighted by atomic mass is 10.4. The van der Waals surface area contributed by atoms with E-state index in [4.69, 9.17) is 19.8 Å². The average Bonchev–Trinajstić information content (AvgIpc) is 2.17. The molecule has 0 fully saturated rings. The fraction of sp³-hybridized carbons (Fsp3) is 1.00. The van der Waals surface area contributed by atoms with Crippen LogP contribution in [-0.2, 0) is 18.3 Å². The topological polar surface area (TPSA) is 105 Å². The largest absolute Gasteiger partial charge is 0.472 e. The Morgan fingerprint density at radius 2 is 1.94 bits per heavy atom. The molecule has 0 aromatic carbocycles. The molecule has 0 aliphatic carbocycles. The van der Waals surface area contributed by atoms with Crippen molar-refractivity contribution in [1.82, 2.24) is 0 Å². The van der Waals surface area contributed by atoms with Crippen molar-refractivity contribution in [2.24, 2.45) is 0 Å². The summed E-state index contributed by atoms with van der Waals surface area (Å²) in [4.78, 5) is 9.06. The number of aliphatic hydroxyl groups is 2. The summed E-state index contributed by atoms with van der Waals surface area (Å²) in [6, 6.07) is 0. The zero-order chi connectivity index (χ0) is 12.6. The first-order valence-electron chi connectivity index (χ1n) is 4.93. The molecule has 98 valence electrons. The first-order chi connectivity index (χ1) is 7.41. The predicted molar refractivity (Wildman–Crippen MR) is 55.9 cm³/mol. The van der Waals surface area contributed by atoms with Crippen LogP contribution in [0.1, 0.15) is 13.8 Å². The minimum absolute atomic E-state index is 0.0128. The van der Waals surface area contributed by atoms with Crippen LogP contribution >= 0.6 is 7.82 Å². The smallest absolute Gasteiger partial charge is 0.394 e. The summed E-state index contributed by atoms with van der Waals surface area (Å²) >= 11 is 0. The predicted octanol–water partition coefficient (Wildman–Crippen LogP) is -0.102. The first-order valence-corrected chi connectivity index (χ1v) is 6.43. The minimum Gasteiger partial charge on any atom is -0.394 e. The van der Waals surface area contributed by atoms with Crippen LogP contribution in [0, 0.1) is 0 Å². The Kier molecular flexibility index (Phi) is 8.13. The number of aliphatic hydroxyl groups excluding tert-OH is 2. The summed E-state index contributed by atoms with van der Waals surface area (Å²) in [5.74, 6) is 0. The zero-order valence-electron chi connectivity index (χ0n) is 9.40. The molecule has 0 aliphatic heterocycles. The molecule has 0 bridgehead atoms. The van der Waals surface area contributed by atoms with Gasteiger partial charge in [-0.3, -0.25) is 9.05 Å². The second-order valence-corrected chi connectivity index (χ2v) is 4.62. The highest BCUT2D eigenvalue weighted by molar-refractivity contribution is 7.47. The lowest BCUT2D eigenvalue weighted by Gasteiger charge is -2.18. The van der Waals surface area contributed by atoms with Crippen molar-refractivity contribution in [3.8, 4) is 0 Å². The molecule has 7 nitrogen and oxygen atoms in total. The molecule has 0 spiro atoms. The van der Waals surface area contributed by atoms with Crippen LogP contribution in [0.2, 0.25) is 0 Å². The van der Waals surface area contributed by atoms with Gasteiger partial charge in [0.25, 0.3) is 0 Å². The van der Waals surface area contributed by atoms with E-state index < -0.39 is 20.0 Å². The van der Waals surface area contributed by atoms with Gasteiger partial charge in [-0.1, -0.05) is 0 Å². The molecule has 0 aliphatic rings. The van der Waals surface area contributed by atoms with E-state index in [1.807, 2.05) is 0 Å². The van der Waals surface area contributed by atoms with Crippen LogP contribution in [-0.4, -0.2) is 53.7 Å². The Labute approximate surface area is 94.6 Å². The molecular weight excluding hydrogens is 239 g/mol. The molecular formula is C8H19O7P. The molecule has 16 heavy (non-hydrogen) atoms. The van der Waals surface area contributed by atoms with E-state index in [0.29, 0.717) is 0 Å². The standard InChI is InChI=1S/C8H19O7P/c1-3-14-16(11,12)15-6-8(4-9)13-5-7(2)10/h7-10H,3-6H2,1-2H3,(H,11,12). The summed E-state index contributed by atoms with van der Waals surface area (Å²) < 4.78 is 25.1. The average molecular weight is 258 g/mol. The second-order valence-electron chi connectivity index (χ2n) is 3.17. The van der Waals surface area contributed by atoms with Crippen molar-refractivity contribution < 1.29 is 33.5 Å². The Morgan fingerprint density at radius 1 is 1.31 bits per heavy atom. The molecule has 0 saturated heterocycles. The number of phosphoric ester groups is 1. The van der Waals surface area contributed by atoms with Gasteiger partial charge in [0.15, 0.2) is 0 Å². The number of ether oxygens (including phenoxy) is 1. The highest BCUT2D eigenvalue weighted by Crippen LogP contribution is 2.42. The van der Waals surface area contributed by atoms with Crippen LogP contribution < -0.4 is 0 Å². The molecule has 0 radical (unpaired) electrons. The van der Waals surface area contributed by atoms with Gasteiger partial charge in [-0.05, 0) is 13.8 Å². The van der Waals surface area contributed by atoms with Gasteiger partial charge in [-0.15, -0.1) is 0 Å².